The summed E-state index contributed by atoms with van der Waals surface area (Å²) in [7, 11) is 0. The molecule has 0 heterocycles. The van der Waals surface area contributed by atoms with Gasteiger partial charge in [-0.15, -0.1) is 0 Å². The summed E-state index contributed by atoms with van der Waals surface area (Å²) in [6, 6.07) is 10.5. The summed E-state index contributed by atoms with van der Waals surface area (Å²) in [4.78, 5) is 5.19. The van der Waals surface area contributed by atoms with Gasteiger partial charge in [-0.1, -0.05) is 75.3 Å². The third kappa shape index (κ3) is 8.38. The molecule has 0 aromatic heterocycles. The predicted octanol–water partition coefficient (Wildman–Crippen LogP) is 7.16. The molecular formula is C19H16Cl5NO3. The van der Waals surface area contributed by atoms with Crippen molar-refractivity contribution in [3.63, 3.8) is 0 Å². The number of hydrogen-bond acceptors (Lipinski definition) is 4. The number of hydrogen-bond donors (Lipinski definition) is 0. The molecule has 4 nitrogen and oxygen atoms in total. The Morgan fingerprint density at radius 1 is 0.929 bits per heavy atom. The quantitative estimate of drug-likeness (QED) is 0.204. The Morgan fingerprint density at radius 3 is 2.25 bits per heavy atom. The van der Waals surface area contributed by atoms with Crippen molar-refractivity contribution in [2.75, 3.05) is 19.8 Å². The van der Waals surface area contributed by atoms with Crippen molar-refractivity contribution in [1.29, 1.82) is 0 Å². The lowest BCUT2D eigenvalue weighted by Crippen LogP contribution is -2.02. The van der Waals surface area contributed by atoms with E-state index >= 15 is 0 Å². The van der Waals surface area contributed by atoms with Gasteiger partial charge in [0.15, 0.2) is 5.75 Å². The van der Waals surface area contributed by atoms with Crippen LogP contribution in [0.25, 0.3) is 0 Å². The summed E-state index contributed by atoms with van der Waals surface area (Å²) in [5.41, 5.74) is 0.894. The van der Waals surface area contributed by atoms with Crippen molar-refractivity contribution in [3.05, 3.63) is 67.6 Å². The van der Waals surface area contributed by atoms with Crippen LogP contribution in [0.4, 0.5) is 0 Å². The van der Waals surface area contributed by atoms with Gasteiger partial charge in [-0.2, -0.15) is 0 Å². The maximum absolute atomic E-state index is 6.20. The van der Waals surface area contributed by atoms with Gasteiger partial charge >= 0.3 is 0 Å². The standard InChI is InChI=1S/C19H16Cl5NO3/c20-14-4-2-13(3-5-14)12-25-28-8-1-7-27-19-16(21)10-15(11-17(19)22)26-9-6-18(23)24/h2-6,10-12H,1,7-9H2. The van der Waals surface area contributed by atoms with E-state index in [9.17, 15) is 0 Å². The molecule has 2 aromatic rings. The molecule has 0 atom stereocenters. The minimum atomic E-state index is 0.122. The maximum atomic E-state index is 6.20. The molecule has 0 bridgehead atoms. The summed E-state index contributed by atoms with van der Waals surface area (Å²) in [6.45, 7) is 0.940. The predicted molar refractivity (Wildman–Crippen MR) is 117 cm³/mol. The van der Waals surface area contributed by atoms with Crippen molar-refractivity contribution < 1.29 is 14.3 Å². The van der Waals surface area contributed by atoms with Gasteiger partial charge in [0, 0.05) is 23.6 Å². The number of ether oxygens (including phenoxy) is 2. The minimum absolute atomic E-state index is 0.122. The van der Waals surface area contributed by atoms with E-state index in [2.05, 4.69) is 5.16 Å². The monoisotopic (exact) mass is 481 g/mol. The number of benzene rings is 2. The molecule has 0 saturated heterocycles. The molecule has 0 unspecified atom stereocenters. The van der Waals surface area contributed by atoms with Crippen molar-refractivity contribution >= 4 is 64.2 Å². The van der Waals surface area contributed by atoms with Crippen molar-refractivity contribution in [2.45, 2.75) is 6.42 Å². The van der Waals surface area contributed by atoms with E-state index in [1.807, 2.05) is 12.1 Å². The highest BCUT2D eigenvalue weighted by Gasteiger charge is 2.10. The van der Waals surface area contributed by atoms with Crippen LogP contribution in [0.2, 0.25) is 15.1 Å². The Kier molecular flexibility index (Phi) is 10.1. The maximum Gasteiger partial charge on any atom is 0.156 e. The topological polar surface area (TPSA) is 40.0 Å². The van der Waals surface area contributed by atoms with Crippen LogP contribution < -0.4 is 9.47 Å². The molecule has 0 aliphatic carbocycles. The molecule has 0 radical (unpaired) electrons. The van der Waals surface area contributed by atoms with Gasteiger partial charge < -0.3 is 14.3 Å². The van der Waals surface area contributed by atoms with Crippen LogP contribution in [0.15, 0.2) is 52.1 Å². The zero-order chi connectivity index (χ0) is 20.4. The molecule has 0 saturated carbocycles. The summed E-state index contributed by atoms with van der Waals surface area (Å²) in [6.07, 6.45) is 3.71. The molecule has 0 N–H and O–H groups in total. The van der Waals surface area contributed by atoms with Gasteiger partial charge in [-0.25, -0.2) is 0 Å². The fraction of sp³-hybridized carbons (Fsp3) is 0.211. The van der Waals surface area contributed by atoms with Crippen LogP contribution in [0, 0.1) is 0 Å². The lowest BCUT2D eigenvalue weighted by molar-refractivity contribution is 0.129. The number of oxime groups is 1. The van der Waals surface area contributed by atoms with Crippen LogP contribution in [-0.2, 0) is 4.84 Å². The first-order valence-corrected chi connectivity index (χ1v) is 10.0. The molecule has 0 aliphatic rings. The molecule has 150 valence electrons. The number of nitrogens with zero attached hydrogens (tertiary/aromatic N) is 1. The fourth-order valence-electron chi connectivity index (χ4n) is 1.96. The molecule has 9 heteroatoms. The number of halogens is 5. The first-order chi connectivity index (χ1) is 13.5. The Bertz CT molecular complexity index is 798. The molecule has 0 amide bonds. The van der Waals surface area contributed by atoms with Crippen LogP contribution >= 0.6 is 58.0 Å². The molecular weight excluding hydrogens is 467 g/mol. The van der Waals surface area contributed by atoms with E-state index in [-0.39, 0.29) is 11.1 Å². The lowest BCUT2D eigenvalue weighted by Gasteiger charge is -2.12. The smallest absolute Gasteiger partial charge is 0.156 e. The van der Waals surface area contributed by atoms with Crippen LogP contribution in [0.1, 0.15) is 12.0 Å². The molecule has 2 aromatic carbocycles. The normalized spacial score (nSPS) is 10.8. The first kappa shape index (κ1) is 23.0. The van der Waals surface area contributed by atoms with Crippen LogP contribution in [0.3, 0.4) is 0 Å². The van der Waals surface area contributed by atoms with Gasteiger partial charge in [0.05, 0.1) is 22.9 Å². The van der Waals surface area contributed by atoms with Gasteiger partial charge in [-0.05, 0) is 23.8 Å². The zero-order valence-electron chi connectivity index (χ0n) is 14.5. The van der Waals surface area contributed by atoms with Gasteiger partial charge in [0.1, 0.15) is 23.5 Å². The van der Waals surface area contributed by atoms with Crippen LogP contribution in [0.5, 0.6) is 11.5 Å². The van der Waals surface area contributed by atoms with E-state index in [1.54, 1.807) is 30.5 Å². The molecule has 2 rings (SSSR count). The van der Waals surface area contributed by atoms with Gasteiger partial charge in [0.25, 0.3) is 0 Å². The van der Waals surface area contributed by atoms with Crippen molar-refractivity contribution in [2.24, 2.45) is 5.16 Å². The van der Waals surface area contributed by atoms with Crippen molar-refractivity contribution in [1.82, 2.24) is 0 Å². The van der Waals surface area contributed by atoms with E-state index in [1.165, 1.54) is 6.08 Å². The molecule has 0 fully saturated rings. The summed E-state index contributed by atoms with van der Waals surface area (Å²) in [5.74, 6) is 0.860. The van der Waals surface area contributed by atoms with E-state index in [4.69, 9.17) is 72.3 Å². The Morgan fingerprint density at radius 2 is 1.61 bits per heavy atom. The third-order valence-corrected chi connectivity index (χ3v) is 4.35. The van der Waals surface area contributed by atoms with Gasteiger partial charge in [0.2, 0.25) is 0 Å². The number of rotatable bonds is 10. The lowest BCUT2D eigenvalue weighted by atomic mass is 10.2. The third-order valence-electron chi connectivity index (χ3n) is 3.23. The summed E-state index contributed by atoms with van der Waals surface area (Å²) >= 11 is 29.3. The second-order valence-electron chi connectivity index (χ2n) is 5.34. The van der Waals surface area contributed by atoms with E-state index in [0.717, 1.165) is 5.56 Å². The first-order valence-electron chi connectivity index (χ1n) is 8.12. The highest BCUT2D eigenvalue weighted by molar-refractivity contribution is 6.55. The fourth-order valence-corrected chi connectivity index (χ4v) is 2.78. The average molecular weight is 484 g/mol. The van der Waals surface area contributed by atoms with Crippen molar-refractivity contribution in [3.8, 4) is 11.5 Å². The Balaban J connectivity index is 1.73. The van der Waals surface area contributed by atoms with Crippen LogP contribution in [-0.4, -0.2) is 26.0 Å². The summed E-state index contributed by atoms with van der Waals surface area (Å²) in [5, 5.41) is 5.23. The van der Waals surface area contributed by atoms with Gasteiger partial charge in [-0.3, -0.25) is 0 Å². The highest BCUT2D eigenvalue weighted by atomic mass is 35.5. The molecule has 0 aliphatic heterocycles. The zero-order valence-corrected chi connectivity index (χ0v) is 18.3. The Labute approximate surface area is 188 Å². The summed E-state index contributed by atoms with van der Waals surface area (Å²) < 4.78 is 11.2. The average Bonchev–Trinajstić information content (AvgIpc) is 2.64. The largest absolute Gasteiger partial charge is 0.490 e. The second-order valence-corrected chi connectivity index (χ2v) is 7.60. The highest BCUT2D eigenvalue weighted by Crippen LogP contribution is 2.37. The molecule has 28 heavy (non-hydrogen) atoms. The second kappa shape index (κ2) is 12.3. The minimum Gasteiger partial charge on any atom is -0.490 e. The SMILES string of the molecule is ClC(Cl)=CCOc1cc(Cl)c(OCCCON=Cc2ccc(Cl)cc2)c(Cl)c1. The van der Waals surface area contributed by atoms with E-state index in [0.29, 0.717) is 46.2 Å². The Hall–Kier alpha value is -1.30. The van der Waals surface area contributed by atoms with E-state index < -0.39 is 0 Å². The molecule has 0 spiro atoms.